The molecule has 0 saturated heterocycles. The zero-order valence-corrected chi connectivity index (χ0v) is 13.6. The number of para-hydroxylation sites is 2. The smallest absolute Gasteiger partial charge is 0.185 e. The first-order valence-electron chi connectivity index (χ1n) is 8.06. The highest BCUT2D eigenvalue weighted by molar-refractivity contribution is 6.14. The summed E-state index contributed by atoms with van der Waals surface area (Å²) in [4.78, 5) is 12.8. The fraction of sp³-hybridized carbons (Fsp3) is 0.190. The summed E-state index contributed by atoms with van der Waals surface area (Å²) in [5.41, 5.74) is 2.68. The second-order valence-electron chi connectivity index (χ2n) is 6.30. The van der Waals surface area contributed by atoms with Gasteiger partial charge in [-0.05, 0) is 43.0 Å². The zero-order chi connectivity index (χ0) is 17.1. The van der Waals surface area contributed by atoms with Crippen LogP contribution in [0.1, 0.15) is 30.9 Å². The van der Waals surface area contributed by atoms with E-state index in [1.54, 1.807) is 48.6 Å². The van der Waals surface area contributed by atoms with Gasteiger partial charge in [-0.1, -0.05) is 43.3 Å². The first kappa shape index (κ1) is 16.1. The fourth-order valence-corrected chi connectivity index (χ4v) is 3.06. The maximum absolute atomic E-state index is 12.8. The molecular weight excluding hydrogens is 300 g/mol. The van der Waals surface area contributed by atoms with Crippen LogP contribution in [0.4, 0.5) is 0 Å². The average molecular weight is 320 g/mol. The van der Waals surface area contributed by atoms with Crippen molar-refractivity contribution in [2.75, 3.05) is 0 Å². The van der Waals surface area contributed by atoms with E-state index >= 15 is 0 Å². The number of benzene rings is 2. The number of rotatable bonds is 2. The Morgan fingerprint density at radius 3 is 1.67 bits per heavy atom. The predicted octanol–water partition coefficient (Wildman–Crippen LogP) is 4.56. The van der Waals surface area contributed by atoms with Crippen molar-refractivity contribution in [2.24, 2.45) is 5.92 Å². The number of carbonyl (C=O) groups is 1. The van der Waals surface area contributed by atoms with Gasteiger partial charge < -0.3 is 10.2 Å². The van der Waals surface area contributed by atoms with Gasteiger partial charge in [0.25, 0.3) is 0 Å². The first-order chi connectivity index (χ1) is 11.5. The Morgan fingerprint density at radius 1 is 0.833 bits per heavy atom. The fourth-order valence-electron chi connectivity index (χ4n) is 3.06. The predicted molar refractivity (Wildman–Crippen MR) is 95.6 cm³/mol. The van der Waals surface area contributed by atoms with E-state index in [1.807, 2.05) is 12.1 Å². The molecule has 0 aliphatic heterocycles. The average Bonchev–Trinajstić information content (AvgIpc) is 2.56. The van der Waals surface area contributed by atoms with Crippen molar-refractivity contribution in [3.8, 4) is 11.5 Å². The number of allylic oxidation sites excluding steroid dienone is 2. The molecule has 0 spiro atoms. The van der Waals surface area contributed by atoms with Crippen molar-refractivity contribution in [3.05, 3.63) is 70.8 Å². The third kappa shape index (κ3) is 3.40. The highest BCUT2D eigenvalue weighted by Crippen LogP contribution is 2.34. The van der Waals surface area contributed by atoms with Gasteiger partial charge in [-0.25, -0.2) is 0 Å². The van der Waals surface area contributed by atoms with E-state index in [1.165, 1.54) is 0 Å². The number of Topliss-reactive ketones (excluding diaryl/α,β-unsaturated/α-hetero) is 1. The molecule has 1 atom stereocenters. The Labute approximate surface area is 141 Å². The third-order valence-corrected chi connectivity index (χ3v) is 4.25. The monoisotopic (exact) mass is 320 g/mol. The Bertz CT molecular complexity index is 763. The van der Waals surface area contributed by atoms with Gasteiger partial charge in [0.05, 0.1) is 0 Å². The lowest BCUT2D eigenvalue weighted by molar-refractivity contribution is -0.113. The van der Waals surface area contributed by atoms with Gasteiger partial charge in [-0.15, -0.1) is 0 Å². The van der Waals surface area contributed by atoms with Gasteiger partial charge in [0, 0.05) is 22.3 Å². The lowest BCUT2D eigenvalue weighted by atomic mass is 9.80. The summed E-state index contributed by atoms with van der Waals surface area (Å²) in [5, 5.41) is 19.9. The van der Waals surface area contributed by atoms with E-state index in [0.29, 0.717) is 41.0 Å². The molecule has 1 saturated carbocycles. The minimum absolute atomic E-state index is 0.0143. The number of ketones is 1. The van der Waals surface area contributed by atoms with Crippen LogP contribution in [0.15, 0.2) is 59.7 Å². The Morgan fingerprint density at radius 2 is 1.25 bits per heavy atom. The normalized spacial score (nSPS) is 21.4. The zero-order valence-electron chi connectivity index (χ0n) is 13.6. The maximum atomic E-state index is 12.8. The van der Waals surface area contributed by atoms with Crippen LogP contribution in [0.5, 0.6) is 11.5 Å². The molecule has 0 amide bonds. The Balaban J connectivity index is 1.98. The molecule has 2 aromatic carbocycles. The summed E-state index contributed by atoms with van der Waals surface area (Å²) in [5.74, 6) is 0.654. The van der Waals surface area contributed by atoms with E-state index in [-0.39, 0.29) is 17.3 Å². The van der Waals surface area contributed by atoms with Gasteiger partial charge in [-0.2, -0.15) is 0 Å². The lowest BCUT2D eigenvalue weighted by Gasteiger charge is -2.23. The summed E-state index contributed by atoms with van der Waals surface area (Å²) in [6, 6.07) is 14.0. The molecule has 1 unspecified atom stereocenters. The molecule has 2 N–H and O–H groups in total. The van der Waals surface area contributed by atoms with E-state index in [0.717, 1.165) is 0 Å². The third-order valence-electron chi connectivity index (χ3n) is 4.25. The van der Waals surface area contributed by atoms with E-state index < -0.39 is 0 Å². The summed E-state index contributed by atoms with van der Waals surface area (Å²) in [7, 11) is 0. The largest absolute Gasteiger partial charge is 0.507 e. The molecule has 3 rings (SSSR count). The van der Waals surface area contributed by atoms with Crippen molar-refractivity contribution in [2.45, 2.75) is 19.8 Å². The van der Waals surface area contributed by atoms with Crippen LogP contribution in [0.2, 0.25) is 0 Å². The Hall–Kier alpha value is -2.81. The second kappa shape index (κ2) is 6.75. The van der Waals surface area contributed by atoms with Crippen LogP contribution in [0.3, 0.4) is 0 Å². The van der Waals surface area contributed by atoms with Gasteiger partial charge in [0.2, 0.25) is 0 Å². The molecule has 1 fully saturated rings. The van der Waals surface area contributed by atoms with Crippen molar-refractivity contribution < 1.29 is 15.0 Å². The number of carbonyl (C=O) groups excluding carboxylic acids is 1. The standard InChI is InChI=1S/C21H20O3/c1-14-10-17(12-15-6-2-4-8-19(15)22)21(24)18(11-14)13-16-7-3-5-9-20(16)23/h2-9,12-14,22-23H,10-11H2,1H3/b17-12-,18-13+. The van der Waals surface area contributed by atoms with Crippen molar-refractivity contribution in [1.82, 2.24) is 0 Å². The molecule has 2 aromatic rings. The molecule has 1 aliphatic carbocycles. The molecule has 122 valence electrons. The lowest BCUT2D eigenvalue weighted by Crippen LogP contribution is -2.18. The molecule has 0 heterocycles. The summed E-state index contributed by atoms with van der Waals surface area (Å²) in [6.07, 6.45) is 4.91. The number of hydrogen-bond donors (Lipinski definition) is 2. The van der Waals surface area contributed by atoms with Crippen LogP contribution in [0.25, 0.3) is 12.2 Å². The quantitative estimate of drug-likeness (QED) is 0.797. The maximum Gasteiger partial charge on any atom is 0.185 e. The summed E-state index contributed by atoms with van der Waals surface area (Å²) in [6.45, 7) is 2.10. The molecule has 0 aromatic heterocycles. The van der Waals surface area contributed by atoms with E-state index in [2.05, 4.69) is 6.92 Å². The molecule has 3 heteroatoms. The number of aromatic hydroxyl groups is 2. The van der Waals surface area contributed by atoms with Crippen molar-refractivity contribution in [3.63, 3.8) is 0 Å². The highest BCUT2D eigenvalue weighted by atomic mass is 16.3. The molecule has 0 radical (unpaired) electrons. The van der Waals surface area contributed by atoms with Crippen LogP contribution in [0, 0.1) is 5.92 Å². The molecular formula is C21H20O3. The van der Waals surface area contributed by atoms with Gasteiger partial charge in [-0.3, -0.25) is 4.79 Å². The van der Waals surface area contributed by atoms with Crippen LogP contribution >= 0.6 is 0 Å². The first-order valence-corrected chi connectivity index (χ1v) is 8.06. The van der Waals surface area contributed by atoms with Gasteiger partial charge >= 0.3 is 0 Å². The van der Waals surface area contributed by atoms with Gasteiger partial charge in [0.1, 0.15) is 11.5 Å². The minimum atomic E-state index is -0.0143. The van der Waals surface area contributed by atoms with Crippen LogP contribution < -0.4 is 0 Å². The highest BCUT2D eigenvalue weighted by Gasteiger charge is 2.25. The van der Waals surface area contributed by atoms with Crippen LogP contribution in [-0.4, -0.2) is 16.0 Å². The number of phenols is 2. The molecule has 24 heavy (non-hydrogen) atoms. The van der Waals surface area contributed by atoms with Crippen molar-refractivity contribution >= 4 is 17.9 Å². The topological polar surface area (TPSA) is 57.5 Å². The summed E-state index contributed by atoms with van der Waals surface area (Å²) < 4.78 is 0. The SMILES string of the molecule is CC1C/C(=C/c2ccccc2O)C(=O)/C(=C/c2ccccc2O)C1. The number of phenolic OH excluding ortho intramolecular Hbond substituents is 2. The van der Waals surface area contributed by atoms with Gasteiger partial charge in [0.15, 0.2) is 5.78 Å². The Kier molecular flexibility index (Phi) is 4.52. The summed E-state index contributed by atoms with van der Waals surface area (Å²) >= 11 is 0. The number of hydrogen-bond acceptors (Lipinski definition) is 3. The molecule has 1 aliphatic rings. The molecule has 0 bridgehead atoms. The molecule has 3 nitrogen and oxygen atoms in total. The van der Waals surface area contributed by atoms with Crippen molar-refractivity contribution in [1.29, 1.82) is 0 Å². The van der Waals surface area contributed by atoms with E-state index in [4.69, 9.17) is 0 Å². The van der Waals surface area contributed by atoms with E-state index in [9.17, 15) is 15.0 Å². The minimum Gasteiger partial charge on any atom is -0.507 e. The second-order valence-corrected chi connectivity index (χ2v) is 6.30. The van der Waals surface area contributed by atoms with Crippen LogP contribution in [-0.2, 0) is 4.79 Å².